The summed E-state index contributed by atoms with van der Waals surface area (Å²) in [6.07, 6.45) is 6.48. The summed E-state index contributed by atoms with van der Waals surface area (Å²) in [5.74, 6) is 1.19. The van der Waals surface area contributed by atoms with Crippen LogP contribution in [-0.4, -0.2) is 33.8 Å². The van der Waals surface area contributed by atoms with Gasteiger partial charge < -0.3 is 4.90 Å². The maximum atomic E-state index is 12.3. The van der Waals surface area contributed by atoms with Crippen LogP contribution in [-0.2, 0) is 0 Å². The third-order valence-electron chi connectivity index (χ3n) is 3.85. The second kappa shape index (κ2) is 6.16. The fourth-order valence-corrected chi connectivity index (χ4v) is 2.67. The van der Waals surface area contributed by atoms with E-state index < -0.39 is 0 Å². The van der Waals surface area contributed by atoms with E-state index in [-0.39, 0.29) is 5.78 Å². The summed E-state index contributed by atoms with van der Waals surface area (Å²) in [5.41, 5.74) is 1.56. The molecule has 0 radical (unpaired) electrons. The molecule has 0 aliphatic carbocycles. The first-order valence-electron chi connectivity index (χ1n) is 7.70. The molecule has 1 saturated heterocycles. The van der Waals surface area contributed by atoms with Crippen molar-refractivity contribution in [2.24, 2.45) is 0 Å². The van der Waals surface area contributed by atoms with Crippen LogP contribution in [0.25, 0.3) is 11.0 Å². The highest BCUT2D eigenvalue weighted by atomic mass is 16.1. The number of carbonyl (C=O) groups excluding carboxylic acids is 1. The Kier molecular flexibility index (Phi) is 4.08. The van der Waals surface area contributed by atoms with Crippen molar-refractivity contribution in [2.75, 3.05) is 18.0 Å². The molecule has 5 heteroatoms. The minimum atomic E-state index is 0.0306. The SMILES string of the molecule is CCCCC(=O)c1nc(N2CCCC2)c2ncccc2n1. The molecule has 1 fully saturated rings. The lowest BCUT2D eigenvalue weighted by Gasteiger charge is -2.18. The van der Waals surface area contributed by atoms with Gasteiger partial charge in [0.15, 0.2) is 17.4 Å². The Morgan fingerprint density at radius 3 is 2.86 bits per heavy atom. The lowest BCUT2D eigenvalue weighted by atomic mass is 10.2. The zero-order valence-corrected chi connectivity index (χ0v) is 12.4. The fourth-order valence-electron chi connectivity index (χ4n) is 2.67. The topological polar surface area (TPSA) is 59.0 Å². The van der Waals surface area contributed by atoms with E-state index in [0.717, 1.165) is 55.6 Å². The Morgan fingerprint density at radius 1 is 1.29 bits per heavy atom. The van der Waals surface area contributed by atoms with Gasteiger partial charge in [0.25, 0.3) is 0 Å². The molecule has 3 heterocycles. The molecule has 0 unspecified atom stereocenters. The van der Waals surface area contributed by atoms with Gasteiger partial charge in [-0.3, -0.25) is 9.78 Å². The van der Waals surface area contributed by atoms with Gasteiger partial charge in [0.05, 0.1) is 5.52 Å². The second-order valence-corrected chi connectivity index (χ2v) is 5.46. The predicted molar refractivity (Wildman–Crippen MR) is 82.6 cm³/mol. The van der Waals surface area contributed by atoms with Gasteiger partial charge in [-0.15, -0.1) is 0 Å². The van der Waals surface area contributed by atoms with Crippen LogP contribution in [0, 0.1) is 0 Å². The summed E-state index contributed by atoms with van der Waals surface area (Å²) in [4.78, 5) is 27.8. The molecule has 0 spiro atoms. The number of Topliss-reactive ketones (excluding diaryl/α,β-unsaturated/α-hetero) is 1. The number of fused-ring (bicyclic) bond motifs is 1. The summed E-state index contributed by atoms with van der Waals surface area (Å²) in [6.45, 7) is 4.03. The molecule has 3 rings (SSSR count). The van der Waals surface area contributed by atoms with E-state index in [2.05, 4.69) is 26.8 Å². The Bertz CT molecular complexity index is 650. The van der Waals surface area contributed by atoms with E-state index in [9.17, 15) is 4.79 Å². The summed E-state index contributed by atoms with van der Waals surface area (Å²) in [5, 5.41) is 0. The highest BCUT2D eigenvalue weighted by Gasteiger charge is 2.20. The smallest absolute Gasteiger partial charge is 0.200 e. The van der Waals surface area contributed by atoms with Gasteiger partial charge in [-0.1, -0.05) is 13.3 Å². The monoisotopic (exact) mass is 284 g/mol. The Hall–Kier alpha value is -2.04. The van der Waals surface area contributed by atoms with Gasteiger partial charge in [-0.05, 0) is 31.4 Å². The van der Waals surface area contributed by atoms with Crippen LogP contribution >= 0.6 is 0 Å². The number of rotatable bonds is 5. The maximum Gasteiger partial charge on any atom is 0.200 e. The molecule has 0 bridgehead atoms. The number of anilines is 1. The first-order valence-corrected chi connectivity index (χ1v) is 7.70. The lowest BCUT2D eigenvalue weighted by molar-refractivity contribution is 0.0970. The normalized spacial score (nSPS) is 14.8. The van der Waals surface area contributed by atoms with Gasteiger partial charge in [0.1, 0.15) is 5.52 Å². The predicted octanol–water partition coefficient (Wildman–Crippen LogP) is 3.00. The van der Waals surface area contributed by atoms with E-state index >= 15 is 0 Å². The van der Waals surface area contributed by atoms with Crippen molar-refractivity contribution in [3.05, 3.63) is 24.2 Å². The molecule has 21 heavy (non-hydrogen) atoms. The van der Waals surface area contributed by atoms with Crippen LogP contribution in [0.1, 0.15) is 49.6 Å². The van der Waals surface area contributed by atoms with E-state index in [1.54, 1.807) is 6.20 Å². The quantitative estimate of drug-likeness (QED) is 0.790. The average Bonchev–Trinajstić information content (AvgIpc) is 3.05. The van der Waals surface area contributed by atoms with E-state index in [1.165, 1.54) is 0 Å². The lowest BCUT2D eigenvalue weighted by Crippen LogP contribution is -2.21. The van der Waals surface area contributed by atoms with Gasteiger partial charge in [0.2, 0.25) is 0 Å². The van der Waals surface area contributed by atoms with Crippen molar-refractivity contribution in [3.63, 3.8) is 0 Å². The minimum absolute atomic E-state index is 0.0306. The Morgan fingerprint density at radius 2 is 2.10 bits per heavy atom. The molecule has 0 amide bonds. The molecule has 2 aromatic rings. The molecule has 0 atom stereocenters. The summed E-state index contributed by atoms with van der Waals surface area (Å²) >= 11 is 0. The first-order chi connectivity index (χ1) is 10.3. The van der Waals surface area contributed by atoms with Crippen molar-refractivity contribution < 1.29 is 4.79 Å². The fraction of sp³-hybridized carbons (Fsp3) is 0.500. The Labute approximate surface area is 124 Å². The molecular formula is C16H20N4O. The van der Waals surface area contributed by atoms with Crippen LogP contribution in [0.2, 0.25) is 0 Å². The molecule has 1 aliphatic heterocycles. The highest BCUT2D eigenvalue weighted by molar-refractivity contribution is 5.96. The van der Waals surface area contributed by atoms with Crippen LogP contribution < -0.4 is 4.90 Å². The van der Waals surface area contributed by atoms with E-state index in [0.29, 0.717) is 12.2 Å². The molecule has 5 nitrogen and oxygen atoms in total. The summed E-state index contributed by atoms with van der Waals surface area (Å²) in [6, 6.07) is 3.75. The van der Waals surface area contributed by atoms with Crippen molar-refractivity contribution in [1.29, 1.82) is 0 Å². The first kappa shape index (κ1) is 13.9. The third kappa shape index (κ3) is 2.86. The minimum Gasteiger partial charge on any atom is -0.355 e. The molecule has 2 aromatic heterocycles. The average molecular weight is 284 g/mol. The van der Waals surface area contributed by atoms with Crippen LogP contribution in [0.5, 0.6) is 0 Å². The van der Waals surface area contributed by atoms with Crippen molar-refractivity contribution in [3.8, 4) is 0 Å². The Balaban J connectivity index is 2.04. The maximum absolute atomic E-state index is 12.3. The number of hydrogen-bond acceptors (Lipinski definition) is 5. The molecule has 1 aliphatic rings. The summed E-state index contributed by atoms with van der Waals surface area (Å²) < 4.78 is 0. The third-order valence-corrected chi connectivity index (χ3v) is 3.85. The molecule has 110 valence electrons. The second-order valence-electron chi connectivity index (χ2n) is 5.46. The van der Waals surface area contributed by atoms with Crippen LogP contribution in [0.3, 0.4) is 0 Å². The van der Waals surface area contributed by atoms with E-state index in [4.69, 9.17) is 0 Å². The number of pyridine rings is 1. The largest absolute Gasteiger partial charge is 0.355 e. The number of hydrogen-bond donors (Lipinski definition) is 0. The number of ketones is 1. The standard InChI is InChI=1S/C16H20N4O/c1-2-3-8-13(21)15-18-12-7-6-9-17-14(12)16(19-15)20-10-4-5-11-20/h6-7,9H,2-5,8,10-11H2,1H3. The number of unbranched alkanes of at least 4 members (excludes halogenated alkanes) is 1. The zero-order chi connectivity index (χ0) is 14.7. The molecule has 0 saturated carbocycles. The van der Waals surface area contributed by atoms with Gasteiger partial charge in [0, 0.05) is 25.7 Å². The number of carbonyl (C=O) groups is 1. The van der Waals surface area contributed by atoms with Gasteiger partial charge in [-0.2, -0.15) is 0 Å². The van der Waals surface area contributed by atoms with Crippen LogP contribution in [0.4, 0.5) is 5.82 Å². The van der Waals surface area contributed by atoms with E-state index in [1.807, 2.05) is 12.1 Å². The van der Waals surface area contributed by atoms with Crippen molar-refractivity contribution in [2.45, 2.75) is 39.0 Å². The summed E-state index contributed by atoms with van der Waals surface area (Å²) in [7, 11) is 0. The number of nitrogens with zero attached hydrogens (tertiary/aromatic N) is 4. The van der Waals surface area contributed by atoms with Gasteiger partial charge >= 0.3 is 0 Å². The highest BCUT2D eigenvalue weighted by Crippen LogP contribution is 2.25. The molecule has 0 aromatic carbocycles. The van der Waals surface area contributed by atoms with Crippen LogP contribution in [0.15, 0.2) is 18.3 Å². The number of aromatic nitrogens is 3. The van der Waals surface area contributed by atoms with Gasteiger partial charge in [-0.25, -0.2) is 9.97 Å². The zero-order valence-electron chi connectivity index (χ0n) is 12.4. The molecule has 0 N–H and O–H groups in total. The molecular weight excluding hydrogens is 264 g/mol. The van der Waals surface area contributed by atoms with Crippen molar-refractivity contribution >= 4 is 22.6 Å². The van der Waals surface area contributed by atoms with Crippen molar-refractivity contribution in [1.82, 2.24) is 15.0 Å².